The molecule has 0 unspecified atom stereocenters. The molecule has 0 atom stereocenters. The van der Waals surface area contributed by atoms with Gasteiger partial charge in [0.05, 0.1) is 13.2 Å². The second kappa shape index (κ2) is 8.89. The van der Waals surface area contributed by atoms with E-state index in [0.717, 1.165) is 9.58 Å². The van der Waals surface area contributed by atoms with Gasteiger partial charge in [-0.25, -0.2) is 9.07 Å². The van der Waals surface area contributed by atoms with E-state index in [1.165, 1.54) is 30.9 Å². The van der Waals surface area contributed by atoms with Gasteiger partial charge in [0.2, 0.25) is 5.78 Å². The molecule has 1 aromatic carbocycles. The summed E-state index contributed by atoms with van der Waals surface area (Å²) in [5.74, 6) is -0.831. The molecule has 2 rings (SSSR count). The number of hydrogen-bond acceptors (Lipinski definition) is 6. The number of carbonyl (C=O) groups is 1. The van der Waals surface area contributed by atoms with Crippen LogP contribution in [0.4, 0.5) is 4.39 Å². The monoisotopic (exact) mass is 366 g/mol. The van der Waals surface area contributed by atoms with Crippen LogP contribution in [0.5, 0.6) is 0 Å². The number of aryl methyl sites for hydroxylation is 1. The lowest BCUT2D eigenvalue weighted by molar-refractivity contribution is 0.0657. The summed E-state index contributed by atoms with van der Waals surface area (Å²) in [6.07, 6.45) is 1.92. The van der Waals surface area contributed by atoms with Crippen molar-refractivity contribution < 1.29 is 19.0 Å². The minimum absolute atomic E-state index is 0.0254. The zero-order valence-corrected chi connectivity index (χ0v) is 14.8. The van der Waals surface area contributed by atoms with Gasteiger partial charge in [0.25, 0.3) is 5.56 Å². The highest BCUT2D eigenvalue weighted by Crippen LogP contribution is 2.21. The zero-order valence-electron chi connectivity index (χ0n) is 14.0. The molecule has 1 heterocycles. The molecule has 0 saturated carbocycles. The van der Waals surface area contributed by atoms with E-state index in [1.807, 2.05) is 6.26 Å². The van der Waals surface area contributed by atoms with Crippen LogP contribution in [0.15, 0.2) is 34.0 Å². The smallest absolute Gasteiger partial charge is 0.266 e. The quantitative estimate of drug-likeness (QED) is 0.432. The Morgan fingerprint density at radius 2 is 2.12 bits per heavy atom. The Hall–Kier alpha value is -2.03. The molecule has 134 valence electrons. The summed E-state index contributed by atoms with van der Waals surface area (Å²) in [4.78, 5) is 25.0. The van der Waals surface area contributed by atoms with Crippen molar-refractivity contribution in [2.24, 2.45) is 7.05 Å². The van der Waals surface area contributed by atoms with Gasteiger partial charge in [-0.05, 0) is 29.5 Å². The lowest BCUT2D eigenvalue weighted by Gasteiger charge is -2.10. The minimum Gasteiger partial charge on any atom is -0.394 e. The van der Waals surface area contributed by atoms with Gasteiger partial charge < -0.3 is 9.84 Å². The van der Waals surface area contributed by atoms with Crippen molar-refractivity contribution in [1.82, 2.24) is 9.78 Å². The van der Waals surface area contributed by atoms with Crippen LogP contribution in [0, 0.1) is 5.82 Å². The summed E-state index contributed by atoms with van der Waals surface area (Å²) in [6, 6.07) is 6.12. The second-order valence-corrected chi connectivity index (χ2v) is 6.19. The van der Waals surface area contributed by atoms with E-state index in [1.54, 1.807) is 12.1 Å². The van der Waals surface area contributed by atoms with Gasteiger partial charge in [0.1, 0.15) is 18.1 Å². The number of aliphatic hydroxyl groups is 1. The predicted octanol–water partition coefficient (Wildman–Crippen LogP) is 1.42. The number of benzene rings is 1. The molecule has 0 fully saturated rings. The molecule has 1 aromatic heterocycles. The summed E-state index contributed by atoms with van der Waals surface area (Å²) < 4.78 is 20.3. The molecule has 8 heteroatoms. The number of aliphatic hydroxyl groups excluding tert-OH is 1. The van der Waals surface area contributed by atoms with Gasteiger partial charge in [-0.1, -0.05) is 6.07 Å². The molecule has 2 aromatic rings. The molecule has 25 heavy (non-hydrogen) atoms. The van der Waals surface area contributed by atoms with Crippen molar-refractivity contribution in [3.05, 3.63) is 57.3 Å². The maximum Gasteiger partial charge on any atom is 0.266 e. The van der Waals surface area contributed by atoms with Gasteiger partial charge in [-0.15, -0.1) is 11.8 Å². The van der Waals surface area contributed by atoms with Crippen LogP contribution >= 0.6 is 11.8 Å². The number of aromatic nitrogens is 2. The molecule has 0 aliphatic rings. The highest BCUT2D eigenvalue weighted by molar-refractivity contribution is 7.98. The summed E-state index contributed by atoms with van der Waals surface area (Å²) >= 11 is 1.42. The number of carbonyl (C=O) groups excluding carboxylic acids is 1. The Morgan fingerprint density at radius 3 is 2.76 bits per heavy atom. The van der Waals surface area contributed by atoms with Crippen LogP contribution in [0.3, 0.4) is 0 Å². The van der Waals surface area contributed by atoms with E-state index in [2.05, 4.69) is 5.10 Å². The van der Waals surface area contributed by atoms with Crippen LogP contribution < -0.4 is 5.56 Å². The van der Waals surface area contributed by atoms with E-state index in [-0.39, 0.29) is 37.5 Å². The lowest BCUT2D eigenvalue weighted by atomic mass is 10.0. The van der Waals surface area contributed by atoms with Crippen molar-refractivity contribution >= 4 is 17.5 Å². The van der Waals surface area contributed by atoms with Crippen molar-refractivity contribution in [3.63, 3.8) is 0 Å². The highest BCUT2D eigenvalue weighted by atomic mass is 32.2. The molecule has 0 aliphatic heterocycles. The van der Waals surface area contributed by atoms with Crippen molar-refractivity contribution in [2.75, 3.05) is 26.1 Å². The molecular formula is C17H19FN2O4S. The third kappa shape index (κ3) is 4.97. The molecule has 0 aliphatic carbocycles. The van der Waals surface area contributed by atoms with Gasteiger partial charge in [0, 0.05) is 24.4 Å². The molecule has 0 spiro atoms. The van der Waals surface area contributed by atoms with Crippen LogP contribution in [0.2, 0.25) is 0 Å². The Balaban J connectivity index is 2.34. The average molecular weight is 366 g/mol. The van der Waals surface area contributed by atoms with E-state index in [9.17, 15) is 14.0 Å². The SMILES string of the molecule is CSc1ccc(Cc2cc(=O)n(C)nc2C(=O)COCCO)c(F)c1. The lowest BCUT2D eigenvalue weighted by Crippen LogP contribution is -2.26. The normalized spacial score (nSPS) is 10.9. The van der Waals surface area contributed by atoms with Gasteiger partial charge in [-0.3, -0.25) is 9.59 Å². The molecular weight excluding hydrogens is 347 g/mol. The number of halogens is 1. The first-order chi connectivity index (χ1) is 12.0. The fourth-order valence-corrected chi connectivity index (χ4v) is 2.67. The molecule has 0 saturated heterocycles. The maximum absolute atomic E-state index is 14.2. The summed E-state index contributed by atoms with van der Waals surface area (Å²) in [5, 5.41) is 12.7. The number of nitrogens with zero attached hydrogens (tertiary/aromatic N) is 2. The maximum atomic E-state index is 14.2. The van der Waals surface area contributed by atoms with Gasteiger partial charge in [0.15, 0.2) is 0 Å². The van der Waals surface area contributed by atoms with Crippen molar-refractivity contribution in [2.45, 2.75) is 11.3 Å². The highest BCUT2D eigenvalue weighted by Gasteiger charge is 2.17. The predicted molar refractivity (Wildman–Crippen MR) is 92.7 cm³/mol. The zero-order chi connectivity index (χ0) is 18.4. The standard InChI is InChI=1S/C17H19FN2O4S/c1-20-16(23)8-12(17(19-20)15(22)10-24-6-5-21)7-11-3-4-13(25-2)9-14(11)18/h3-4,8-9,21H,5-7,10H2,1-2H3. The number of ether oxygens (including phenoxy) is 1. The number of ketones is 1. The van der Waals surface area contributed by atoms with E-state index in [0.29, 0.717) is 11.1 Å². The number of hydrogen-bond donors (Lipinski definition) is 1. The Labute approximate surface area is 148 Å². The average Bonchev–Trinajstić information content (AvgIpc) is 2.59. The summed E-state index contributed by atoms with van der Waals surface area (Å²) in [6.45, 7) is -0.446. The third-order valence-corrected chi connectivity index (χ3v) is 4.27. The number of thioether (sulfide) groups is 1. The molecule has 1 N–H and O–H groups in total. The Morgan fingerprint density at radius 1 is 1.36 bits per heavy atom. The second-order valence-electron chi connectivity index (χ2n) is 5.31. The van der Waals surface area contributed by atoms with Crippen LogP contribution in [0.25, 0.3) is 0 Å². The minimum atomic E-state index is -0.430. The summed E-state index contributed by atoms with van der Waals surface area (Å²) in [7, 11) is 1.44. The molecule has 0 amide bonds. The summed E-state index contributed by atoms with van der Waals surface area (Å²) in [5.41, 5.74) is 0.395. The number of Topliss-reactive ketones (excluding diaryl/α,β-unsaturated/α-hetero) is 1. The Kier molecular flexibility index (Phi) is 6.86. The van der Waals surface area contributed by atoms with Crippen LogP contribution in [-0.2, 0) is 18.2 Å². The number of rotatable bonds is 8. The van der Waals surface area contributed by atoms with Crippen LogP contribution in [0.1, 0.15) is 21.6 Å². The van der Waals surface area contributed by atoms with E-state index < -0.39 is 11.6 Å². The van der Waals surface area contributed by atoms with Gasteiger partial charge >= 0.3 is 0 Å². The van der Waals surface area contributed by atoms with Crippen molar-refractivity contribution in [1.29, 1.82) is 0 Å². The topological polar surface area (TPSA) is 81.4 Å². The van der Waals surface area contributed by atoms with Crippen LogP contribution in [-0.4, -0.2) is 46.7 Å². The Bertz CT molecular complexity index is 823. The molecule has 0 radical (unpaired) electrons. The third-order valence-electron chi connectivity index (χ3n) is 3.54. The fourth-order valence-electron chi connectivity index (χ4n) is 2.25. The largest absolute Gasteiger partial charge is 0.394 e. The fraction of sp³-hybridized carbons (Fsp3) is 0.353. The molecule has 6 nitrogen and oxygen atoms in total. The molecule has 0 bridgehead atoms. The van der Waals surface area contributed by atoms with E-state index in [4.69, 9.17) is 9.84 Å². The first-order valence-electron chi connectivity index (χ1n) is 7.57. The first kappa shape index (κ1) is 19.3. The first-order valence-corrected chi connectivity index (χ1v) is 8.80. The van der Waals surface area contributed by atoms with Gasteiger partial charge in [-0.2, -0.15) is 5.10 Å². The van der Waals surface area contributed by atoms with E-state index >= 15 is 0 Å². The van der Waals surface area contributed by atoms with Crippen molar-refractivity contribution in [3.8, 4) is 0 Å².